The maximum atomic E-state index is 12.3. The number of nitrogens with one attached hydrogen (secondary N) is 3. The maximum absolute atomic E-state index is 12.3. The van der Waals surface area contributed by atoms with Crippen molar-refractivity contribution in [3.8, 4) is 0 Å². The van der Waals surface area contributed by atoms with Crippen LogP contribution in [0, 0.1) is 5.92 Å². The summed E-state index contributed by atoms with van der Waals surface area (Å²) in [6.45, 7) is 3.83. The van der Waals surface area contributed by atoms with E-state index in [0.29, 0.717) is 17.7 Å². The van der Waals surface area contributed by atoms with Gasteiger partial charge in [-0.3, -0.25) is 25.2 Å². The minimum absolute atomic E-state index is 0.189. The van der Waals surface area contributed by atoms with Gasteiger partial charge in [-0.25, -0.2) is 0 Å². The van der Waals surface area contributed by atoms with E-state index in [0.717, 1.165) is 0 Å². The highest BCUT2D eigenvalue weighted by molar-refractivity contribution is 6.09. The lowest BCUT2D eigenvalue weighted by Gasteiger charge is -2.12. The Kier molecular flexibility index (Phi) is 6.28. The number of hydrogen-bond donors (Lipinski definition) is 3. The summed E-state index contributed by atoms with van der Waals surface area (Å²) < 4.78 is 0. The summed E-state index contributed by atoms with van der Waals surface area (Å²) >= 11 is 0. The molecule has 3 N–H and O–H groups in total. The summed E-state index contributed by atoms with van der Waals surface area (Å²) in [6, 6.07) is 15.3. The molecule has 3 amide bonds. The van der Waals surface area contributed by atoms with Gasteiger partial charge in [-0.15, -0.1) is 0 Å². The van der Waals surface area contributed by atoms with Gasteiger partial charge in [0.2, 0.25) is 5.91 Å². The molecule has 0 aliphatic heterocycles. The Morgan fingerprint density at radius 1 is 0.840 bits per heavy atom. The van der Waals surface area contributed by atoms with E-state index in [1.807, 2.05) is 19.9 Å². The van der Waals surface area contributed by atoms with Crippen molar-refractivity contribution < 1.29 is 14.4 Å². The molecule has 0 fully saturated rings. The lowest BCUT2D eigenvalue weighted by atomic mass is 10.1. The van der Waals surface area contributed by atoms with Gasteiger partial charge in [0, 0.05) is 12.0 Å². The number of hydrazine groups is 1. The van der Waals surface area contributed by atoms with E-state index in [1.54, 1.807) is 48.5 Å². The zero-order valence-electron chi connectivity index (χ0n) is 14.2. The molecule has 2 aromatic rings. The Morgan fingerprint density at radius 3 is 2.16 bits per heavy atom. The van der Waals surface area contributed by atoms with E-state index in [1.165, 1.54) is 0 Å². The molecule has 0 atom stereocenters. The van der Waals surface area contributed by atoms with Crippen molar-refractivity contribution in [2.75, 3.05) is 5.32 Å². The second kappa shape index (κ2) is 8.63. The Hall–Kier alpha value is -3.15. The number of hydrogen-bond acceptors (Lipinski definition) is 3. The smallest absolute Gasteiger partial charge is 0.271 e. The fourth-order valence-corrected chi connectivity index (χ4v) is 2.19. The molecule has 0 spiro atoms. The fraction of sp³-hybridized carbons (Fsp3) is 0.211. The number of benzene rings is 2. The standard InChI is InChI=1S/C19H21N3O3/c1-13(2)12-17(23)21-22-19(25)15-10-6-7-11-16(15)20-18(24)14-8-4-3-5-9-14/h3-11,13H,12H2,1-2H3,(H,20,24)(H,21,23)(H,22,25). The molecule has 6 heteroatoms. The molecule has 0 saturated carbocycles. The zero-order valence-corrected chi connectivity index (χ0v) is 14.2. The van der Waals surface area contributed by atoms with Gasteiger partial charge >= 0.3 is 0 Å². The molecule has 0 bridgehead atoms. The molecule has 0 aromatic heterocycles. The highest BCUT2D eigenvalue weighted by Gasteiger charge is 2.14. The first kappa shape index (κ1) is 18.2. The van der Waals surface area contributed by atoms with Crippen LogP contribution in [0.4, 0.5) is 5.69 Å². The van der Waals surface area contributed by atoms with Crippen molar-refractivity contribution in [1.29, 1.82) is 0 Å². The van der Waals surface area contributed by atoms with Gasteiger partial charge in [-0.1, -0.05) is 44.2 Å². The Bertz CT molecular complexity index is 758. The molecule has 0 aliphatic rings. The number of anilines is 1. The molecule has 2 rings (SSSR count). The van der Waals surface area contributed by atoms with Gasteiger partial charge in [-0.2, -0.15) is 0 Å². The first-order valence-corrected chi connectivity index (χ1v) is 8.02. The third kappa shape index (κ3) is 5.46. The monoisotopic (exact) mass is 339 g/mol. The van der Waals surface area contributed by atoms with Gasteiger partial charge < -0.3 is 5.32 Å². The van der Waals surface area contributed by atoms with Crippen molar-refractivity contribution in [1.82, 2.24) is 10.9 Å². The average Bonchev–Trinajstić information content (AvgIpc) is 2.60. The Labute approximate surface area is 146 Å². The van der Waals surface area contributed by atoms with Crippen LogP contribution < -0.4 is 16.2 Å². The van der Waals surface area contributed by atoms with E-state index < -0.39 is 5.91 Å². The van der Waals surface area contributed by atoms with E-state index in [2.05, 4.69) is 16.2 Å². The van der Waals surface area contributed by atoms with Crippen LogP contribution in [-0.2, 0) is 4.79 Å². The number of rotatable bonds is 5. The van der Waals surface area contributed by atoms with Crippen molar-refractivity contribution in [2.45, 2.75) is 20.3 Å². The minimum Gasteiger partial charge on any atom is -0.321 e. The van der Waals surface area contributed by atoms with E-state index in [-0.39, 0.29) is 23.3 Å². The van der Waals surface area contributed by atoms with Crippen molar-refractivity contribution in [3.05, 3.63) is 65.7 Å². The van der Waals surface area contributed by atoms with Gasteiger partial charge in [0.1, 0.15) is 0 Å². The molecule has 6 nitrogen and oxygen atoms in total. The van der Waals surface area contributed by atoms with Gasteiger partial charge in [-0.05, 0) is 30.2 Å². The molecular formula is C19H21N3O3. The lowest BCUT2D eigenvalue weighted by Crippen LogP contribution is -2.42. The van der Waals surface area contributed by atoms with Crippen molar-refractivity contribution in [3.63, 3.8) is 0 Å². The first-order chi connectivity index (χ1) is 12.0. The zero-order chi connectivity index (χ0) is 18.2. The average molecular weight is 339 g/mol. The molecule has 25 heavy (non-hydrogen) atoms. The molecular weight excluding hydrogens is 318 g/mol. The van der Waals surface area contributed by atoms with Crippen LogP contribution in [0.5, 0.6) is 0 Å². The van der Waals surface area contributed by atoms with Crippen LogP contribution in [0.15, 0.2) is 54.6 Å². The first-order valence-electron chi connectivity index (χ1n) is 8.02. The minimum atomic E-state index is -0.499. The Balaban J connectivity index is 2.06. The van der Waals surface area contributed by atoms with Crippen LogP contribution in [0.25, 0.3) is 0 Å². The van der Waals surface area contributed by atoms with Crippen LogP contribution >= 0.6 is 0 Å². The predicted octanol–water partition coefficient (Wildman–Crippen LogP) is 2.75. The van der Waals surface area contributed by atoms with Crippen molar-refractivity contribution >= 4 is 23.4 Å². The number of carbonyl (C=O) groups excluding carboxylic acids is 3. The molecule has 0 aliphatic carbocycles. The second-order valence-electron chi connectivity index (χ2n) is 5.97. The lowest BCUT2D eigenvalue weighted by molar-refractivity contribution is -0.122. The summed E-state index contributed by atoms with van der Waals surface area (Å²) in [5.41, 5.74) is 5.86. The number of amides is 3. The summed E-state index contributed by atoms with van der Waals surface area (Å²) in [5, 5.41) is 2.72. The van der Waals surface area contributed by atoms with Crippen molar-refractivity contribution in [2.24, 2.45) is 5.92 Å². The molecule has 0 radical (unpaired) electrons. The van der Waals surface area contributed by atoms with E-state index >= 15 is 0 Å². The second-order valence-corrected chi connectivity index (χ2v) is 5.97. The number of carbonyl (C=O) groups is 3. The fourth-order valence-electron chi connectivity index (χ4n) is 2.19. The predicted molar refractivity (Wildman–Crippen MR) is 95.9 cm³/mol. The molecule has 0 unspecified atom stereocenters. The molecule has 0 saturated heterocycles. The molecule has 130 valence electrons. The normalized spacial score (nSPS) is 10.2. The quantitative estimate of drug-likeness (QED) is 0.732. The third-order valence-electron chi connectivity index (χ3n) is 3.36. The SMILES string of the molecule is CC(C)CC(=O)NNC(=O)c1ccccc1NC(=O)c1ccccc1. The van der Waals surface area contributed by atoms with Gasteiger partial charge in [0.15, 0.2) is 0 Å². The van der Waals surface area contributed by atoms with Crippen LogP contribution in [-0.4, -0.2) is 17.7 Å². The molecule has 2 aromatic carbocycles. The highest BCUT2D eigenvalue weighted by atomic mass is 16.2. The summed E-state index contributed by atoms with van der Waals surface area (Å²) in [5.74, 6) is -0.894. The van der Waals surface area contributed by atoms with E-state index in [4.69, 9.17) is 0 Å². The largest absolute Gasteiger partial charge is 0.321 e. The summed E-state index contributed by atoms with van der Waals surface area (Å²) in [7, 11) is 0. The summed E-state index contributed by atoms with van der Waals surface area (Å²) in [6.07, 6.45) is 0.312. The van der Waals surface area contributed by atoms with Crippen LogP contribution in [0.3, 0.4) is 0 Å². The van der Waals surface area contributed by atoms with Gasteiger partial charge in [0.05, 0.1) is 11.3 Å². The third-order valence-corrected chi connectivity index (χ3v) is 3.36. The van der Waals surface area contributed by atoms with Crippen LogP contribution in [0.1, 0.15) is 41.0 Å². The van der Waals surface area contributed by atoms with Crippen LogP contribution in [0.2, 0.25) is 0 Å². The Morgan fingerprint density at radius 2 is 1.48 bits per heavy atom. The number of para-hydroxylation sites is 1. The highest BCUT2D eigenvalue weighted by Crippen LogP contribution is 2.16. The molecule has 0 heterocycles. The maximum Gasteiger partial charge on any atom is 0.271 e. The van der Waals surface area contributed by atoms with Gasteiger partial charge in [0.25, 0.3) is 11.8 Å². The summed E-state index contributed by atoms with van der Waals surface area (Å²) in [4.78, 5) is 36.2. The van der Waals surface area contributed by atoms with E-state index in [9.17, 15) is 14.4 Å². The topological polar surface area (TPSA) is 87.3 Å².